The van der Waals surface area contributed by atoms with E-state index in [0.29, 0.717) is 6.54 Å². The Balaban J connectivity index is 0.000000324. The fourth-order valence-electron chi connectivity index (χ4n) is 4.09. The zero-order valence-electron chi connectivity index (χ0n) is 20.8. The first kappa shape index (κ1) is 25.0. The predicted molar refractivity (Wildman–Crippen MR) is 135 cm³/mol. The fraction of sp³-hybridized carbons (Fsp3) is 0.536. The second kappa shape index (κ2) is 11.9. The smallest absolute Gasteiger partial charge is 0.258 e. The SMILES string of the molecule is CC.CC.CCC1CC1.Cc1ccc2c(c1)C(=O)N(c1ccc3c(c1)CCCN3C)C2. The molecule has 170 valence electrons. The first-order valence-electron chi connectivity index (χ1n) is 12.3. The lowest BCUT2D eigenvalue weighted by Gasteiger charge is -2.29. The fourth-order valence-corrected chi connectivity index (χ4v) is 4.09. The summed E-state index contributed by atoms with van der Waals surface area (Å²) in [5.74, 6) is 1.26. The van der Waals surface area contributed by atoms with Gasteiger partial charge in [0.1, 0.15) is 0 Å². The van der Waals surface area contributed by atoms with Crippen molar-refractivity contribution in [1.82, 2.24) is 0 Å². The molecule has 0 bridgehead atoms. The molecule has 31 heavy (non-hydrogen) atoms. The molecule has 3 nitrogen and oxygen atoms in total. The lowest BCUT2D eigenvalue weighted by molar-refractivity contribution is 0.0996. The van der Waals surface area contributed by atoms with Gasteiger partial charge in [0, 0.05) is 30.5 Å². The van der Waals surface area contributed by atoms with Gasteiger partial charge in [0.05, 0.1) is 6.54 Å². The molecule has 1 amide bonds. The highest BCUT2D eigenvalue weighted by Gasteiger charge is 2.29. The summed E-state index contributed by atoms with van der Waals surface area (Å²) in [7, 11) is 2.14. The molecule has 0 unspecified atom stereocenters. The molecule has 0 atom stereocenters. The van der Waals surface area contributed by atoms with Gasteiger partial charge in [0.25, 0.3) is 5.91 Å². The third kappa shape index (κ3) is 6.12. The summed E-state index contributed by atoms with van der Waals surface area (Å²) in [6.45, 7) is 14.1. The van der Waals surface area contributed by atoms with Gasteiger partial charge in [-0.1, -0.05) is 71.6 Å². The molecule has 1 aliphatic carbocycles. The number of hydrogen-bond acceptors (Lipinski definition) is 2. The Bertz CT molecular complexity index is 854. The average Bonchev–Trinajstić information content (AvgIpc) is 3.60. The molecule has 2 aromatic rings. The van der Waals surface area contributed by atoms with Crippen LogP contribution in [0.1, 0.15) is 87.4 Å². The summed E-state index contributed by atoms with van der Waals surface area (Å²) in [4.78, 5) is 16.9. The molecule has 1 saturated carbocycles. The zero-order chi connectivity index (χ0) is 23.0. The molecular formula is C28H42N2O. The maximum absolute atomic E-state index is 12.7. The van der Waals surface area contributed by atoms with Crippen LogP contribution in [0.3, 0.4) is 0 Å². The molecule has 0 aromatic heterocycles. The van der Waals surface area contributed by atoms with Crippen LogP contribution in [0.15, 0.2) is 36.4 Å². The Kier molecular flexibility index (Phi) is 9.61. The molecular weight excluding hydrogens is 380 g/mol. The van der Waals surface area contributed by atoms with Crippen molar-refractivity contribution in [3.63, 3.8) is 0 Å². The molecule has 2 aromatic carbocycles. The predicted octanol–water partition coefficient (Wildman–Crippen LogP) is 7.40. The van der Waals surface area contributed by atoms with E-state index < -0.39 is 0 Å². The van der Waals surface area contributed by atoms with Gasteiger partial charge in [-0.2, -0.15) is 0 Å². The number of benzene rings is 2. The number of anilines is 2. The van der Waals surface area contributed by atoms with Crippen LogP contribution in [0, 0.1) is 12.8 Å². The minimum Gasteiger partial charge on any atom is -0.374 e. The van der Waals surface area contributed by atoms with Crippen LogP contribution in [0.2, 0.25) is 0 Å². The minimum atomic E-state index is 0.128. The summed E-state index contributed by atoms with van der Waals surface area (Å²) in [6.07, 6.45) is 6.72. The summed E-state index contributed by atoms with van der Waals surface area (Å²) in [5, 5.41) is 0. The zero-order valence-corrected chi connectivity index (χ0v) is 20.8. The van der Waals surface area contributed by atoms with Crippen LogP contribution >= 0.6 is 0 Å². The summed E-state index contributed by atoms with van der Waals surface area (Å²) < 4.78 is 0. The van der Waals surface area contributed by atoms with Crippen molar-refractivity contribution in [2.45, 2.75) is 80.2 Å². The molecule has 0 N–H and O–H groups in total. The third-order valence-corrected chi connectivity index (χ3v) is 6.07. The molecule has 3 aliphatic rings. The van der Waals surface area contributed by atoms with Crippen molar-refractivity contribution in [2.24, 2.45) is 5.92 Å². The van der Waals surface area contributed by atoms with Gasteiger partial charge < -0.3 is 9.80 Å². The van der Waals surface area contributed by atoms with E-state index in [-0.39, 0.29) is 5.91 Å². The van der Waals surface area contributed by atoms with E-state index in [1.54, 1.807) is 0 Å². The highest BCUT2D eigenvalue weighted by Crippen LogP contribution is 2.34. The number of amides is 1. The topological polar surface area (TPSA) is 23.6 Å². The monoisotopic (exact) mass is 422 g/mol. The molecule has 0 saturated heterocycles. The summed E-state index contributed by atoms with van der Waals surface area (Å²) in [6, 6.07) is 12.6. The van der Waals surface area contributed by atoms with Gasteiger partial charge in [0.2, 0.25) is 0 Å². The van der Waals surface area contributed by atoms with Crippen LogP contribution < -0.4 is 9.80 Å². The number of rotatable bonds is 2. The summed E-state index contributed by atoms with van der Waals surface area (Å²) in [5.41, 5.74) is 6.80. The van der Waals surface area contributed by atoms with Gasteiger partial charge in [-0.05, 0) is 61.1 Å². The Morgan fingerprint density at radius 2 is 1.68 bits per heavy atom. The maximum Gasteiger partial charge on any atom is 0.258 e. The van der Waals surface area contributed by atoms with E-state index >= 15 is 0 Å². The quantitative estimate of drug-likeness (QED) is 0.503. The first-order valence-corrected chi connectivity index (χ1v) is 12.3. The second-order valence-electron chi connectivity index (χ2n) is 8.24. The van der Waals surface area contributed by atoms with E-state index in [2.05, 4.69) is 49.2 Å². The van der Waals surface area contributed by atoms with Crippen molar-refractivity contribution in [1.29, 1.82) is 0 Å². The Labute approximate surface area is 190 Å². The molecule has 1 fully saturated rings. The molecule has 2 aliphatic heterocycles. The van der Waals surface area contributed by atoms with Crippen molar-refractivity contribution in [3.05, 3.63) is 58.7 Å². The lowest BCUT2D eigenvalue weighted by Crippen LogP contribution is -2.26. The van der Waals surface area contributed by atoms with E-state index in [1.807, 2.05) is 45.6 Å². The van der Waals surface area contributed by atoms with Crippen LogP contribution in [0.5, 0.6) is 0 Å². The largest absolute Gasteiger partial charge is 0.374 e. The molecule has 3 heteroatoms. The van der Waals surface area contributed by atoms with E-state index in [9.17, 15) is 4.79 Å². The van der Waals surface area contributed by atoms with Gasteiger partial charge in [-0.15, -0.1) is 0 Å². The maximum atomic E-state index is 12.7. The van der Waals surface area contributed by atoms with E-state index in [4.69, 9.17) is 0 Å². The lowest BCUT2D eigenvalue weighted by atomic mass is 10.0. The van der Waals surface area contributed by atoms with Crippen LogP contribution in [-0.2, 0) is 13.0 Å². The van der Waals surface area contributed by atoms with Gasteiger partial charge >= 0.3 is 0 Å². The van der Waals surface area contributed by atoms with Crippen molar-refractivity contribution in [2.75, 3.05) is 23.4 Å². The molecule has 0 radical (unpaired) electrons. The normalized spacial score (nSPS) is 16.0. The Morgan fingerprint density at radius 1 is 0.968 bits per heavy atom. The van der Waals surface area contributed by atoms with Crippen molar-refractivity contribution in [3.8, 4) is 0 Å². The molecule has 0 spiro atoms. The third-order valence-electron chi connectivity index (χ3n) is 6.07. The van der Waals surface area contributed by atoms with Crippen LogP contribution in [-0.4, -0.2) is 19.5 Å². The Morgan fingerprint density at radius 3 is 2.29 bits per heavy atom. The highest BCUT2D eigenvalue weighted by atomic mass is 16.2. The van der Waals surface area contributed by atoms with E-state index in [0.717, 1.165) is 41.3 Å². The number of carbonyl (C=O) groups is 1. The highest BCUT2D eigenvalue weighted by molar-refractivity contribution is 6.10. The minimum absolute atomic E-state index is 0.128. The summed E-state index contributed by atoms with van der Waals surface area (Å²) >= 11 is 0. The standard InChI is InChI=1S/C19H20N2O.C5H10.2C2H6/c1-13-5-6-15-12-21(19(22)17(15)10-13)16-7-8-18-14(11-16)4-3-9-20(18)2;1-2-5-3-4-5;2*1-2/h5-8,10-11H,3-4,9,12H2,1-2H3;5H,2-4H2,1H3;2*1-2H3. The number of carbonyl (C=O) groups excluding carboxylic acids is 1. The van der Waals surface area contributed by atoms with Gasteiger partial charge in [-0.3, -0.25) is 4.79 Å². The number of fused-ring (bicyclic) bond motifs is 2. The first-order chi connectivity index (χ1) is 15.1. The van der Waals surface area contributed by atoms with Crippen molar-refractivity contribution < 1.29 is 4.79 Å². The van der Waals surface area contributed by atoms with Crippen molar-refractivity contribution >= 4 is 17.3 Å². The number of aryl methyl sites for hydroxylation is 2. The molecule has 5 rings (SSSR count). The Hall–Kier alpha value is -2.29. The van der Waals surface area contributed by atoms with Crippen LogP contribution in [0.25, 0.3) is 0 Å². The second-order valence-corrected chi connectivity index (χ2v) is 8.24. The van der Waals surface area contributed by atoms with E-state index in [1.165, 1.54) is 36.9 Å². The number of nitrogens with zero attached hydrogens (tertiary/aromatic N) is 2. The average molecular weight is 423 g/mol. The van der Waals surface area contributed by atoms with Crippen LogP contribution in [0.4, 0.5) is 11.4 Å². The number of hydrogen-bond donors (Lipinski definition) is 0. The van der Waals surface area contributed by atoms with Gasteiger partial charge in [0.15, 0.2) is 0 Å². The molecule has 2 heterocycles. The van der Waals surface area contributed by atoms with Gasteiger partial charge in [-0.25, -0.2) is 0 Å².